The van der Waals surface area contributed by atoms with Crippen molar-refractivity contribution in [1.29, 1.82) is 0 Å². The summed E-state index contributed by atoms with van der Waals surface area (Å²) in [5, 5.41) is 22.9. The average Bonchev–Trinajstić information content (AvgIpc) is 3.10. The summed E-state index contributed by atoms with van der Waals surface area (Å²) in [5.74, 6) is 2.07. The number of hydrogen-bond acceptors (Lipinski definition) is 8. The largest absolute Gasteiger partial charge is 0.389 e. The van der Waals surface area contributed by atoms with Gasteiger partial charge in [-0.1, -0.05) is 13.8 Å². The molecule has 0 bridgehead atoms. The van der Waals surface area contributed by atoms with E-state index in [0.717, 1.165) is 5.52 Å². The molecule has 3 aromatic rings. The summed E-state index contributed by atoms with van der Waals surface area (Å²) in [7, 11) is 0. The molecule has 0 aliphatic carbocycles. The first-order valence-corrected chi connectivity index (χ1v) is 10.3. The van der Waals surface area contributed by atoms with Crippen molar-refractivity contribution in [2.45, 2.75) is 52.6 Å². The highest BCUT2D eigenvalue weighted by molar-refractivity contribution is 5.79. The van der Waals surface area contributed by atoms with Gasteiger partial charge in [-0.3, -0.25) is 0 Å². The van der Waals surface area contributed by atoms with E-state index in [4.69, 9.17) is 0 Å². The second-order valence-corrected chi connectivity index (χ2v) is 8.90. The molecule has 9 nitrogen and oxygen atoms in total. The number of anilines is 3. The van der Waals surface area contributed by atoms with Gasteiger partial charge in [0.25, 0.3) is 0 Å². The molecule has 4 rings (SSSR count). The minimum Gasteiger partial charge on any atom is -0.389 e. The van der Waals surface area contributed by atoms with E-state index in [0.29, 0.717) is 35.5 Å². The van der Waals surface area contributed by atoms with Gasteiger partial charge in [0.1, 0.15) is 35.8 Å². The number of nitrogens with zero attached hydrogens (tertiary/aromatic N) is 6. The fourth-order valence-corrected chi connectivity index (χ4v) is 4.11. The van der Waals surface area contributed by atoms with Gasteiger partial charge in [-0.2, -0.15) is 4.98 Å². The van der Waals surface area contributed by atoms with Crippen molar-refractivity contribution < 1.29 is 14.6 Å². The molecule has 10 heteroatoms. The SMILES string of the molecule is CC(C)n1c(CO)nc2cnc(Nc3ccnc(N4C[C@H](F)[C@H](O)C(C)(C)C4)n3)cc21. The Balaban J connectivity index is 1.61. The first-order chi connectivity index (χ1) is 14.7. The predicted molar refractivity (Wildman–Crippen MR) is 116 cm³/mol. The molecule has 0 spiro atoms. The quantitative estimate of drug-likeness (QED) is 0.567. The van der Waals surface area contributed by atoms with E-state index in [9.17, 15) is 14.6 Å². The van der Waals surface area contributed by atoms with E-state index in [2.05, 4.69) is 25.3 Å². The summed E-state index contributed by atoms with van der Waals surface area (Å²) < 4.78 is 16.3. The number of hydrogen-bond donors (Lipinski definition) is 3. The molecule has 2 atom stereocenters. The molecule has 1 aliphatic heterocycles. The Morgan fingerprint density at radius 1 is 1.26 bits per heavy atom. The molecule has 1 saturated heterocycles. The zero-order valence-corrected chi connectivity index (χ0v) is 18.1. The summed E-state index contributed by atoms with van der Waals surface area (Å²) in [6.07, 6.45) is 0.872. The lowest BCUT2D eigenvalue weighted by Crippen LogP contribution is -2.55. The third kappa shape index (κ3) is 4.05. The van der Waals surface area contributed by atoms with Crippen LogP contribution in [0.15, 0.2) is 24.5 Å². The van der Waals surface area contributed by atoms with Gasteiger partial charge in [0, 0.05) is 30.3 Å². The van der Waals surface area contributed by atoms with Crippen molar-refractivity contribution in [2.75, 3.05) is 23.3 Å². The van der Waals surface area contributed by atoms with Crippen LogP contribution >= 0.6 is 0 Å². The van der Waals surface area contributed by atoms with Crippen LogP contribution < -0.4 is 10.2 Å². The van der Waals surface area contributed by atoms with Crippen molar-refractivity contribution >= 4 is 28.6 Å². The van der Waals surface area contributed by atoms with Gasteiger partial charge < -0.3 is 25.0 Å². The Labute approximate surface area is 180 Å². The molecule has 0 radical (unpaired) electrons. The number of imidazole rings is 1. The number of aliphatic hydroxyl groups excluding tert-OH is 2. The molecule has 4 heterocycles. The van der Waals surface area contributed by atoms with Crippen LogP contribution in [0.4, 0.5) is 22.0 Å². The third-order valence-electron chi connectivity index (χ3n) is 5.63. The normalized spacial score (nSPS) is 21.1. The van der Waals surface area contributed by atoms with Gasteiger partial charge in [-0.15, -0.1) is 0 Å². The number of pyridine rings is 1. The molecular weight excluding hydrogens is 401 g/mol. The molecule has 0 amide bonds. The van der Waals surface area contributed by atoms with Crippen molar-refractivity contribution in [3.05, 3.63) is 30.4 Å². The number of nitrogens with one attached hydrogen (secondary N) is 1. The highest BCUT2D eigenvalue weighted by Crippen LogP contribution is 2.33. The zero-order chi connectivity index (χ0) is 22.3. The highest BCUT2D eigenvalue weighted by atomic mass is 19.1. The number of aliphatic hydroxyl groups is 2. The number of piperidine rings is 1. The first kappa shape index (κ1) is 21.4. The summed E-state index contributed by atoms with van der Waals surface area (Å²) >= 11 is 0. The van der Waals surface area contributed by atoms with Gasteiger partial charge >= 0.3 is 0 Å². The van der Waals surface area contributed by atoms with E-state index in [1.807, 2.05) is 38.3 Å². The van der Waals surface area contributed by atoms with E-state index in [1.54, 1.807) is 23.4 Å². The average molecular weight is 430 g/mol. The van der Waals surface area contributed by atoms with E-state index >= 15 is 0 Å². The van der Waals surface area contributed by atoms with Crippen molar-refractivity contribution in [2.24, 2.45) is 5.41 Å². The zero-order valence-electron chi connectivity index (χ0n) is 18.1. The Morgan fingerprint density at radius 3 is 2.71 bits per heavy atom. The highest BCUT2D eigenvalue weighted by Gasteiger charge is 2.42. The van der Waals surface area contributed by atoms with E-state index in [-0.39, 0.29) is 19.2 Å². The third-order valence-corrected chi connectivity index (χ3v) is 5.63. The molecule has 1 fully saturated rings. The molecule has 3 aromatic heterocycles. The van der Waals surface area contributed by atoms with Crippen LogP contribution in [-0.4, -0.2) is 60.1 Å². The van der Waals surface area contributed by atoms with E-state index in [1.165, 1.54) is 0 Å². The minimum absolute atomic E-state index is 0.0375. The standard InChI is InChI=1S/C21H28FN7O2/c1-12(2)29-15-7-17(24-8-14(15)25-18(29)10-30)26-16-5-6-23-20(27-16)28-9-13(22)19(31)21(3,4)11-28/h5-8,12-13,19,30-31H,9-11H2,1-4H3,(H,23,24,26,27)/t13-,19-/m0/s1. The first-order valence-electron chi connectivity index (χ1n) is 10.3. The molecule has 3 N–H and O–H groups in total. The number of alkyl halides is 1. The van der Waals surface area contributed by atoms with Crippen LogP contribution in [0.5, 0.6) is 0 Å². The lowest BCUT2D eigenvalue weighted by molar-refractivity contribution is -0.0257. The van der Waals surface area contributed by atoms with Crippen LogP contribution in [0, 0.1) is 5.41 Å². The van der Waals surface area contributed by atoms with Crippen molar-refractivity contribution in [1.82, 2.24) is 24.5 Å². The summed E-state index contributed by atoms with van der Waals surface area (Å²) in [6, 6.07) is 3.70. The van der Waals surface area contributed by atoms with Crippen molar-refractivity contribution in [3.8, 4) is 0 Å². The second-order valence-electron chi connectivity index (χ2n) is 8.90. The maximum absolute atomic E-state index is 14.3. The number of aromatic nitrogens is 5. The van der Waals surface area contributed by atoms with Crippen molar-refractivity contribution in [3.63, 3.8) is 0 Å². The molecule has 31 heavy (non-hydrogen) atoms. The minimum atomic E-state index is -1.37. The van der Waals surface area contributed by atoms with Gasteiger partial charge in [0.2, 0.25) is 5.95 Å². The molecule has 0 saturated carbocycles. The lowest BCUT2D eigenvalue weighted by atomic mass is 9.80. The van der Waals surface area contributed by atoms with Gasteiger partial charge in [0.15, 0.2) is 0 Å². The van der Waals surface area contributed by atoms with Gasteiger partial charge in [-0.05, 0) is 19.9 Å². The number of rotatable bonds is 5. The second kappa shape index (κ2) is 8.01. The Hall–Kier alpha value is -2.85. The van der Waals surface area contributed by atoms with Crippen LogP contribution in [-0.2, 0) is 6.61 Å². The smallest absolute Gasteiger partial charge is 0.227 e. The number of halogens is 1. The summed E-state index contributed by atoms with van der Waals surface area (Å²) in [5.41, 5.74) is 0.948. The molecular formula is C21H28FN7O2. The monoisotopic (exact) mass is 429 g/mol. The molecule has 1 aliphatic rings. The Morgan fingerprint density at radius 2 is 2.03 bits per heavy atom. The van der Waals surface area contributed by atoms with Crippen LogP contribution in [0.3, 0.4) is 0 Å². The van der Waals surface area contributed by atoms with E-state index < -0.39 is 17.7 Å². The van der Waals surface area contributed by atoms with Crippen LogP contribution in [0.25, 0.3) is 11.0 Å². The summed E-state index contributed by atoms with van der Waals surface area (Å²) in [6.45, 7) is 8.04. The predicted octanol–water partition coefficient (Wildman–Crippen LogP) is 2.58. The Bertz CT molecular complexity index is 1080. The lowest BCUT2D eigenvalue weighted by Gasteiger charge is -2.43. The fraction of sp³-hybridized carbons (Fsp3) is 0.524. The maximum atomic E-state index is 14.3. The maximum Gasteiger partial charge on any atom is 0.227 e. The van der Waals surface area contributed by atoms with Gasteiger partial charge in [0.05, 0.1) is 24.4 Å². The van der Waals surface area contributed by atoms with Crippen LogP contribution in [0.1, 0.15) is 39.6 Å². The number of fused-ring (bicyclic) bond motifs is 1. The Kier molecular flexibility index (Phi) is 5.52. The fourth-order valence-electron chi connectivity index (χ4n) is 4.11. The molecule has 0 unspecified atom stereocenters. The summed E-state index contributed by atoms with van der Waals surface area (Å²) in [4.78, 5) is 19.4. The molecule has 0 aromatic carbocycles. The van der Waals surface area contributed by atoms with Gasteiger partial charge in [-0.25, -0.2) is 19.3 Å². The molecule has 166 valence electrons. The van der Waals surface area contributed by atoms with Crippen LogP contribution in [0.2, 0.25) is 0 Å². The topological polar surface area (TPSA) is 112 Å².